The first-order chi connectivity index (χ1) is 14.8. The zero-order valence-corrected chi connectivity index (χ0v) is 19.4. The van der Waals surface area contributed by atoms with Crippen molar-refractivity contribution < 1.29 is 14.3 Å². The quantitative estimate of drug-likeness (QED) is 0.544. The number of amides is 2. The van der Waals surface area contributed by atoms with Gasteiger partial charge in [-0.05, 0) is 81.4 Å². The minimum atomic E-state index is -0.321. The van der Waals surface area contributed by atoms with E-state index < -0.39 is 0 Å². The smallest absolute Gasteiger partial charge is 0.257 e. The summed E-state index contributed by atoms with van der Waals surface area (Å²) in [6.45, 7) is 9.44. The third-order valence-corrected chi connectivity index (χ3v) is 4.56. The molecule has 31 heavy (non-hydrogen) atoms. The van der Waals surface area contributed by atoms with Gasteiger partial charge in [-0.3, -0.25) is 14.9 Å². The second-order valence-electron chi connectivity index (χ2n) is 7.47. The molecule has 0 aliphatic heterocycles. The van der Waals surface area contributed by atoms with Gasteiger partial charge in [-0.1, -0.05) is 19.9 Å². The van der Waals surface area contributed by atoms with Gasteiger partial charge in [-0.25, -0.2) is 0 Å². The molecule has 2 aromatic carbocycles. The Kier molecular flexibility index (Phi) is 9.46. The van der Waals surface area contributed by atoms with E-state index in [1.807, 2.05) is 18.7 Å². The number of hydrogen-bond donors (Lipinski definition) is 2. The number of hydrogen-bond acceptors (Lipinski definition) is 4. The van der Waals surface area contributed by atoms with Gasteiger partial charge in [-0.15, -0.1) is 0 Å². The third-order valence-electron chi connectivity index (χ3n) is 4.36. The molecule has 0 aliphatic rings. The molecule has 2 rings (SSSR count). The van der Waals surface area contributed by atoms with E-state index >= 15 is 0 Å². The number of nitrogens with one attached hydrogen (secondary N) is 2. The van der Waals surface area contributed by atoms with Crippen LogP contribution in [-0.2, 0) is 0 Å². The fourth-order valence-electron chi connectivity index (χ4n) is 3.06. The topological polar surface area (TPSA) is 70.7 Å². The lowest BCUT2D eigenvalue weighted by Crippen LogP contribution is -2.34. The maximum atomic E-state index is 12.8. The second kappa shape index (κ2) is 12.1. The van der Waals surface area contributed by atoms with Crippen LogP contribution >= 0.6 is 12.2 Å². The summed E-state index contributed by atoms with van der Waals surface area (Å²) in [5, 5.41) is 5.81. The van der Waals surface area contributed by atoms with Gasteiger partial charge < -0.3 is 15.0 Å². The molecule has 0 saturated carbocycles. The largest absolute Gasteiger partial charge is 0.491 e. The molecule has 2 amide bonds. The monoisotopic (exact) mass is 441 g/mol. The van der Waals surface area contributed by atoms with Gasteiger partial charge >= 0.3 is 0 Å². The van der Waals surface area contributed by atoms with Crippen molar-refractivity contribution in [2.45, 2.75) is 46.6 Å². The Labute approximate surface area is 190 Å². The van der Waals surface area contributed by atoms with Crippen molar-refractivity contribution >= 4 is 34.8 Å². The van der Waals surface area contributed by atoms with E-state index in [1.165, 1.54) is 0 Å². The van der Waals surface area contributed by atoms with E-state index in [4.69, 9.17) is 17.0 Å². The van der Waals surface area contributed by atoms with Crippen LogP contribution in [0.5, 0.6) is 5.75 Å². The first-order valence-electron chi connectivity index (χ1n) is 10.6. The Bertz CT molecular complexity index is 891. The molecule has 0 aliphatic carbocycles. The van der Waals surface area contributed by atoms with Crippen LogP contribution in [0.4, 0.5) is 5.69 Å². The molecule has 0 saturated heterocycles. The van der Waals surface area contributed by atoms with E-state index in [9.17, 15) is 9.59 Å². The van der Waals surface area contributed by atoms with Crippen LogP contribution in [0.3, 0.4) is 0 Å². The molecule has 2 aromatic rings. The van der Waals surface area contributed by atoms with Gasteiger partial charge in [0.1, 0.15) is 5.75 Å². The molecule has 166 valence electrons. The van der Waals surface area contributed by atoms with Crippen LogP contribution in [0.15, 0.2) is 48.5 Å². The first-order valence-corrected chi connectivity index (χ1v) is 11.0. The van der Waals surface area contributed by atoms with Crippen LogP contribution in [0.2, 0.25) is 0 Å². The van der Waals surface area contributed by atoms with Gasteiger partial charge in [-0.2, -0.15) is 0 Å². The fourth-order valence-corrected chi connectivity index (χ4v) is 3.27. The number of benzene rings is 2. The van der Waals surface area contributed by atoms with Gasteiger partial charge in [0, 0.05) is 29.9 Å². The van der Waals surface area contributed by atoms with E-state index in [2.05, 4.69) is 24.5 Å². The minimum absolute atomic E-state index is 0.00832. The van der Waals surface area contributed by atoms with Crippen molar-refractivity contribution in [2.24, 2.45) is 0 Å². The lowest BCUT2D eigenvalue weighted by molar-refractivity contribution is 0.0755. The molecule has 0 unspecified atom stereocenters. The van der Waals surface area contributed by atoms with Crippen molar-refractivity contribution in [1.82, 2.24) is 10.2 Å². The number of ether oxygens (including phenoxy) is 1. The molecule has 6 nitrogen and oxygen atoms in total. The number of nitrogens with zero attached hydrogens (tertiary/aromatic N) is 1. The SMILES string of the molecule is CCCN(CCC)C(=O)c1cccc(NC(=S)NC(=O)c2ccc(OC(C)C)cc2)c1. The number of carbonyl (C=O) groups is 2. The summed E-state index contributed by atoms with van der Waals surface area (Å²) < 4.78 is 5.59. The molecule has 0 heterocycles. The highest BCUT2D eigenvalue weighted by molar-refractivity contribution is 7.80. The van der Waals surface area contributed by atoms with Gasteiger partial charge in [0.05, 0.1) is 6.10 Å². The summed E-state index contributed by atoms with van der Waals surface area (Å²) >= 11 is 5.28. The summed E-state index contributed by atoms with van der Waals surface area (Å²) in [7, 11) is 0. The van der Waals surface area contributed by atoms with Crippen LogP contribution in [0.1, 0.15) is 61.3 Å². The predicted molar refractivity (Wildman–Crippen MR) is 129 cm³/mol. The van der Waals surface area contributed by atoms with E-state index in [1.54, 1.807) is 48.5 Å². The van der Waals surface area contributed by atoms with Crippen molar-refractivity contribution in [3.8, 4) is 5.75 Å². The Hall–Kier alpha value is -2.93. The molecule has 0 atom stereocenters. The molecule has 0 spiro atoms. The zero-order chi connectivity index (χ0) is 22.8. The Morgan fingerprint density at radius 2 is 1.65 bits per heavy atom. The highest BCUT2D eigenvalue weighted by Gasteiger charge is 2.15. The van der Waals surface area contributed by atoms with Crippen molar-refractivity contribution in [3.05, 3.63) is 59.7 Å². The van der Waals surface area contributed by atoms with Crippen LogP contribution in [0.25, 0.3) is 0 Å². The fraction of sp³-hybridized carbons (Fsp3) is 0.375. The van der Waals surface area contributed by atoms with Crippen LogP contribution < -0.4 is 15.4 Å². The average Bonchev–Trinajstić information content (AvgIpc) is 2.73. The van der Waals surface area contributed by atoms with Crippen molar-refractivity contribution in [1.29, 1.82) is 0 Å². The molecule has 0 fully saturated rings. The molecule has 7 heteroatoms. The number of rotatable bonds is 9. The highest BCUT2D eigenvalue weighted by Crippen LogP contribution is 2.15. The Morgan fingerprint density at radius 1 is 1.00 bits per heavy atom. The van der Waals surface area contributed by atoms with E-state index in [0.29, 0.717) is 22.6 Å². The number of carbonyl (C=O) groups excluding carboxylic acids is 2. The maximum Gasteiger partial charge on any atom is 0.257 e. The second-order valence-corrected chi connectivity index (χ2v) is 7.88. The molecule has 0 aromatic heterocycles. The number of thiocarbonyl (C=S) groups is 1. The maximum absolute atomic E-state index is 12.8. The standard InChI is InChI=1S/C24H31N3O3S/c1-5-14-27(15-6-2)23(29)19-8-7-9-20(16-19)25-24(31)26-22(28)18-10-12-21(13-11-18)30-17(3)4/h7-13,16-17H,5-6,14-15H2,1-4H3,(H2,25,26,28,31). The minimum Gasteiger partial charge on any atom is -0.491 e. The molecule has 0 bridgehead atoms. The normalized spacial score (nSPS) is 10.5. The van der Waals surface area contributed by atoms with Crippen molar-refractivity contribution in [3.63, 3.8) is 0 Å². The molecular formula is C24H31N3O3S. The summed E-state index contributed by atoms with van der Waals surface area (Å²) in [6.07, 6.45) is 1.88. The number of anilines is 1. The first kappa shape index (κ1) is 24.3. The molecule has 2 N–H and O–H groups in total. The van der Waals surface area contributed by atoms with Crippen LogP contribution in [0, 0.1) is 0 Å². The summed E-state index contributed by atoms with van der Waals surface area (Å²) in [4.78, 5) is 27.1. The third kappa shape index (κ3) is 7.68. The predicted octanol–water partition coefficient (Wildman–Crippen LogP) is 4.86. The van der Waals surface area contributed by atoms with Gasteiger partial charge in [0.15, 0.2) is 5.11 Å². The van der Waals surface area contributed by atoms with E-state index in [0.717, 1.165) is 25.9 Å². The lowest BCUT2D eigenvalue weighted by Gasteiger charge is -2.21. The Balaban J connectivity index is 1.99. The van der Waals surface area contributed by atoms with Gasteiger partial charge in [0.25, 0.3) is 11.8 Å². The summed E-state index contributed by atoms with van der Waals surface area (Å²) in [5.41, 5.74) is 1.70. The lowest BCUT2D eigenvalue weighted by atomic mass is 10.1. The summed E-state index contributed by atoms with van der Waals surface area (Å²) in [6, 6.07) is 14.0. The average molecular weight is 442 g/mol. The molecule has 0 radical (unpaired) electrons. The zero-order valence-electron chi connectivity index (χ0n) is 18.6. The van der Waals surface area contributed by atoms with Crippen molar-refractivity contribution in [2.75, 3.05) is 18.4 Å². The van der Waals surface area contributed by atoms with E-state index in [-0.39, 0.29) is 23.0 Å². The Morgan fingerprint density at radius 3 is 2.23 bits per heavy atom. The molecular weight excluding hydrogens is 410 g/mol. The van der Waals surface area contributed by atoms with Crippen LogP contribution in [-0.4, -0.2) is 41.0 Å². The summed E-state index contributed by atoms with van der Waals surface area (Å²) in [5.74, 6) is 0.373. The van der Waals surface area contributed by atoms with Gasteiger partial charge in [0.2, 0.25) is 0 Å². The highest BCUT2D eigenvalue weighted by atomic mass is 32.1.